The van der Waals surface area contributed by atoms with Gasteiger partial charge in [-0.25, -0.2) is 0 Å². The predicted molar refractivity (Wildman–Crippen MR) is 64.7 cm³/mol. The lowest BCUT2D eigenvalue weighted by atomic mass is 9.56. The van der Waals surface area contributed by atoms with Crippen LogP contribution in [0.4, 0.5) is 0 Å². The molecule has 0 bridgehead atoms. The third-order valence-electron chi connectivity index (χ3n) is 6.04. The van der Waals surface area contributed by atoms with Gasteiger partial charge in [0.25, 0.3) is 0 Å². The molecule has 3 aliphatic rings. The molecule has 3 rings (SSSR count). The molecule has 0 amide bonds. The van der Waals surface area contributed by atoms with Crippen LogP contribution in [0.3, 0.4) is 0 Å². The highest BCUT2D eigenvalue weighted by Gasteiger charge is 2.62. The molecule has 0 aromatic carbocycles. The third-order valence-corrected chi connectivity index (χ3v) is 6.04. The van der Waals surface area contributed by atoms with Gasteiger partial charge in [0.1, 0.15) is 0 Å². The van der Waals surface area contributed by atoms with Gasteiger partial charge in [-0.05, 0) is 61.2 Å². The van der Waals surface area contributed by atoms with Gasteiger partial charge in [0.05, 0.1) is 0 Å². The van der Waals surface area contributed by atoms with Gasteiger partial charge in [0.2, 0.25) is 0 Å². The van der Waals surface area contributed by atoms with E-state index in [0.717, 1.165) is 29.1 Å². The Bertz CT molecular complexity index is 244. The smallest absolute Gasteiger partial charge is 0.0235 e. The average Bonchev–Trinajstić information content (AvgIpc) is 2.65. The Labute approximate surface area is 94.8 Å². The van der Waals surface area contributed by atoms with E-state index in [-0.39, 0.29) is 0 Å². The second-order valence-corrected chi connectivity index (χ2v) is 6.67. The van der Waals surface area contributed by atoms with Crippen molar-refractivity contribution in [1.29, 1.82) is 0 Å². The average molecular weight is 206 g/mol. The highest BCUT2D eigenvalue weighted by atomic mass is 14.7. The first-order valence-electron chi connectivity index (χ1n) is 7.28. The van der Waals surface area contributed by atoms with Gasteiger partial charge in [-0.3, -0.25) is 0 Å². The van der Waals surface area contributed by atoms with E-state index in [1.165, 1.54) is 19.3 Å². The molecule has 0 nitrogen and oxygen atoms in total. The summed E-state index contributed by atoms with van der Waals surface area (Å²) in [7, 11) is 0. The van der Waals surface area contributed by atoms with Crippen molar-refractivity contribution in [3.05, 3.63) is 0 Å². The first-order valence-corrected chi connectivity index (χ1v) is 7.28. The maximum atomic E-state index is 2.40. The van der Waals surface area contributed by atoms with Crippen molar-refractivity contribution >= 4 is 0 Å². The lowest BCUT2D eigenvalue weighted by Gasteiger charge is -2.49. The first-order chi connectivity index (χ1) is 7.28. The Morgan fingerprint density at radius 3 is 2.27 bits per heavy atom. The minimum Gasteiger partial charge on any atom is -0.0654 e. The summed E-state index contributed by atoms with van der Waals surface area (Å²) in [6.07, 6.45) is 12.4. The summed E-state index contributed by atoms with van der Waals surface area (Å²) < 4.78 is 0. The normalized spacial score (nSPS) is 52.4. The molecule has 5 atom stereocenters. The van der Waals surface area contributed by atoms with Crippen LogP contribution in [0.5, 0.6) is 0 Å². The van der Waals surface area contributed by atoms with Gasteiger partial charge in [0.15, 0.2) is 0 Å². The fourth-order valence-electron chi connectivity index (χ4n) is 5.38. The van der Waals surface area contributed by atoms with Crippen LogP contribution < -0.4 is 0 Å². The molecule has 86 valence electrons. The van der Waals surface area contributed by atoms with E-state index in [1.807, 2.05) is 0 Å². The van der Waals surface area contributed by atoms with Crippen LogP contribution in [0, 0.1) is 29.1 Å². The Morgan fingerprint density at radius 1 is 0.933 bits per heavy atom. The fourth-order valence-corrected chi connectivity index (χ4v) is 5.38. The molecule has 0 aromatic rings. The Hall–Kier alpha value is 0. The largest absolute Gasteiger partial charge is 0.0654 e. The molecule has 4 unspecified atom stereocenters. The summed E-state index contributed by atoms with van der Waals surface area (Å²) in [4.78, 5) is 0. The van der Waals surface area contributed by atoms with Crippen molar-refractivity contribution in [3.63, 3.8) is 0 Å². The second kappa shape index (κ2) is 3.50. The Balaban J connectivity index is 1.70. The Morgan fingerprint density at radius 2 is 1.60 bits per heavy atom. The molecule has 1 spiro atoms. The van der Waals surface area contributed by atoms with Gasteiger partial charge in [-0.15, -0.1) is 0 Å². The van der Waals surface area contributed by atoms with Crippen LogP contribution in [0.2, 0.25) is 0 Å². The maximum absolute atomic E-state index is 2.40. The van der Waals surface area contributed by atoms with Crippen molar-refractivity contribution in [2.75, 3.05) is 0 Å². The van der Waals surface area contributed by atoms with Crippen LogP contribution in [-0.2, 0) is 0 Å². The van der Waals surface area contributed by atoms with Crippen molar-refractivity contribution in [2.45, 2.75) is 65.2 Å². The second-order valence-electron chi connectivity index (χ2n) is 6.67. The van der Waals surface area contributed by atoms with Crippen LogP contribution >= 0.6 is 0 Å². The molecular formula is C15H26. The van der Waals surface area contributed by atoms with E-state index in [1.54, 1.807) is 32.1 Å². The Kier molecular flexibility index (Phi) is 2.37. The van der Waals surface area contributed by atoms with E-state index in [9.17, 15) is 0 Å². The lowest BCUT2D eigenvalue weighted by molar-refractivity contribution is 0.00225. The lowest BCUT2D eigenvalue weighted by Crippen LogP contribution is -2.41. The number of rotatable bonds is 3. The molecule has 3 saturated carbocycles. The summed E-state index contributed by atoms with van der Waals surface area (Å²) in [5.74, 6) is 4.53. The number of hydrogen-bond acceptors (Lipinski definition) is 0. The maximum Gasteiger partial charge on any atom is -0.0235 e. The highest BCUT2D eigenvalue weighted by Crippen LogP contribution is 2.71. The fraction of sp³-hybridized carbons (Fsp3) is 1.00. The molecule has 0 heteroatoms. The van der Waals surface area contributed by atoms with Crippen molar-refractivity contribution in [2.24, 2.45) is 29.1 Å². The van der Waals surface area contributed by atoms with E-state index < -0.39 is 0 Å². The third kappa shape index (κ3) is 1.33. The molecule has 0 aromatic heterocycles. The minimum absolute atomic E-state index is 0.889. The summed E-state index contributed by atoms with van der Waals surface area (Å²) in [6, 6.07) is 0. The first kappa shape index (κ1) is 10.2. The summed E-state index contributed by atoms with van der Waals surface area (Å²) in [5, 5.41) is 0. The monoisotopic (exact) mass is 206 g/mol. The molecule has 0 radical (unpaired) electrons. The van der Waals surface area contributed by atoms with Crippen LogP contribution in [0.25, 0.3) is 0 Å². The van der Waals surface area contributed by atoms with Gasteiger partial charge >= 0.3 is 0 Å². The molecule has 0 saturated heterocycles. The van der Waals surface area contributed by atoms with E-state index >= 15 is 0 Å². The van der Waals surface area contributed by atoms with Crippen LogP contribution in [0.1, 0.15) is 65.2 Å². The zero-order valence-electron chi connectivity index (χ0n) is 10.5. The molecule has 0 N–H and O–H groups in total. The zero-order chi connectivity index (χ0) is 10.5. The van der Waals surface area contributed by atoms with Crippen molar-refractivity contribution < 1.29 is 0 Å². The SMILES string of the molecule is CCC[C@H]1CC2CC3CC(CC)CC32C1. The topological polar surface area (TPSA) is 0 Å². The molecule has 3 aliphatic carbocycles. The molecule has 0 heterocycles. The standard InChI is InChI=1S/C15H26/c1-3-5-12-7-14-8-13-6-11(4-2)9-15(13,14)10-12/h11-14H,3-10H2,1-2H3/t11?,12-,13?,14?,15?/m0/s1. The molecular weight excluding hydrogens is 180 g/mol. The predicted octanol–water partition coefficient (Wildman–Crippen LogP) is 4.64. The van der Waals surface area contributed by atoms with Gasteiger partial charge in [0, 0.05) is 0 Å². The van der Waals surface area contributed by atoms with E-state index in [2.05, 4.69) is 13.8 Å². The molecule has 0 aliphatic heterocycles. The van der Waals surface area contributed by atoms with E-state index in [4.69, 9.17) is 0 Å². The van der Waals surface area contributed by atoms with Crippen molar-refractivity contribution in [1.82, 2.24) is 0 Å². The van der Waals surface area contributed by atoms with Crippen LogP contribution in [0.15, 0.2) is 0 Å². The molecule has 15 heavy (non-hydrogen) atoms. The minimum atomic E-state index is 0.889. The summed E-state index contributed by atoms with van der Waals surface area (Å²) in [5.41, 5.74) is 0.889. The summed E-state index contributed by atoms with van der Waals surface area (Å²) >= 11 is 0. The van der Waals surface area contributed by atoms with Crippen molar-refractivity contribution in [3.8, 4) is 0 Å². The highest BCUT2D eigenvalue weighted by molar-refractivity contribution is 5.12. The zero-order valence-corrected chi connectivity index (χ0v) is 10.5. The quantitative estimate of drug-likeness (QED) is 0.631. The van der Waals surface area contributed by atoms with Gasteiger partial charge < -0.3 is 0 Å². The van der Waals surface area contributed by atoms with E-state index in [0.29, 0.717) is 0 Å². The molecule has 3 fully saturated rings. The number of hydrogen-bond donors (Lipinski definition) is 0. The van der Waals surface area contributed by atoms with Gasteiger partial charge in [-0.1, -0.05) is 33.1 Å². The summed E-state index contributed by atoms with van der Waals surface area (Å²) in [6.45, 7) is 4.76. The van der Waals surface area contributed by atoms with Gasteiger partial charge in [-0.2, -0.15) is 0 Å². The van der Waals surface area contributed by atoms with Crippen LogP contribution in [-0.4, -0.2) is 0 Å².